The molecule has 0 bridgehead atoms. The molecule has 122 valence electrons. The van der Waals surface area contributed by atoms with E-state index in [1.54, 1.807) is 4.31 Å². The molecule has 0 saturated carbocycles. The largest absolute Gasteiger partial charge is 0.378 e. The van der Waals surface area contributed by atoms with Crippen molar-refractivity contribution in [2.75, 3.05) is 50.5 Å². The Labute approximate surface area is 132 Å². The molecule has 3 rings (SSSR count). The number of hydrogen-bond acceptors (Lipinski definition) is 4. The average molecular weight is 324 g/mol. The molecule has 0 atom stereocenters. The molecule has 0 amide bonds. The molecule has 2 saturated heterocycles. The van der Waals surface area contributed by atoms with Gasteiger partial charge in [0.05, 0.1) is 19.5 Å². The highest BCUT2D eigenvalue weighted by molar-refractivity contribution is 7.88. The van der Waals surface area contributed by atoms with Gasteiger partial charge in [-0.05, 0) is 36.5 Å². The van der Waals surface area contributed by atoms with Crippen LogP contribution in [0, 0.1) is 0 Å². The third kappa shape index (κ3) is 3.62. The Morgan fingerprint density at radius 2 is 1.77 bits per heavy atom. The van der Waals surface area contributed by atoms with Gasteiger partial charge in [-0.15, -0.1) is 0 Å². The number of benzene rings is 1. The summed E-state index contributed by atoms with van der Waals surface area (Å²) >= 11 is 0. The van der Waals surface area contributed by atoms with E-state index in [2.05, 4.69) is 29.2 Å². The number of nitrogens with zero attached hydrogens (tertiary/aromatic N) is 2. The van der Waals surface area contributed by atoms with Gasteiger partial charge in [0.25, 0.3) is 0 Å². The molecule has 2 aliphatic heterocycles. The highest BCUT2D eigenvalue weighted by Gasteiger charge is 2.26. The first kappa shape index (κ1) is 15.8. The molecule has 1 aromatic rings. The lowest BCUT2D eigenvalue weighted by Crippen LogP contribution is -2.37. The Hall–Kier alpha value is -1.11. The Balaban J connectivity index is 1.68. The molecule has 0 aromatic heterocycles. The van der Waals surface area contributed by atoms with E-state index in [9.17, 15) is 8.42 Å². The van der Waals surface area contributed by atoms with E-state index < -0.39 is 10.0 Å². The van der Waals surface area contributed by atoms with Crippen molar-refractivity contribution in [3.63, 3.8) is 0 Å². The third-order valence-electron chi connectivity index (χ3n) is 4.64. The van der Waals surface area contributed by atoms with Crippen LogP contribution >= 0.6 is 0 Å². The number of sulfonamides is 1. The molecule has 2 heterocycles. The fourth-order valence-electron chi connectivity index (χ4n) is 3.32. The summed E-state index contributed by atoms with van der Waals surface area (Å²) in [5.74, 6) is 0.457. The molecule has 22 heavy (non-hydrogen) atoms. The molecular weight excluding hydrogens is 300 g/mol. The minimum absolute atomic E-state index is 0.457. The van der Waals surface area contributed by atoms with Crippen LogP contribution in [0.3, 0.4) is 0 Å². The maximum atomic E-state index is 11.6. The maximum absolute atomic E-state index is 11.6. The quantitative estimate of drug-likeness (QED) is 0.848. The molecule has 0 aliphatic carbocycles. The first-order valence-corrected chi connectivity index (χ1v) is 9.76. The molecule has 5 nitrogen and oxygen atoms in total. The van der Waals surface area contributed by atoms with Crippen molar-refractivity contribution < 1.29 is 13.2 Å². The van der Waals surface area contributed by atoms with Crippen LogP contribution < -0.4 is 4.90 Å². The summed E-state index contributed by atoms with van der Waals surface area (Å²) in [6.45, 7) is 4.72. The molecule has 2 aliphatic rings. The second kappa shape index (κ2) is 6.56. The van der Waals surface area contributed by atoms with Crippen LogP contribution in [0.5, 0.6) is 0 Å². The summed E-state index contributed by atoms with van der Waals surface area (Å²) in [5.41, 5.74) is 2.59. The molecule has 6 heteroatoms. The summed E-state index contributed by atoms with van der Waals surface area (Å²) < 4.78 is 30.2. The average Bonchev–Trinajstić information content (AvgIpc) is 2.55. The first-order valence-electron chi connectivity index (χ1n) is 7.92. The van der Waals surface area contributed by atoms with E-state index in [4.69, 9.17) is 4.74 Å². The second-order valence-electron chi connectivity index (χ2n) is 6.13. The van der Waals surface area contributed by atoms with Gasteiger partial charge in [-0.25, -0.2) is 12.7 Å². The minimum Gasteiger partial charge on any atom is -0.378 e. The number of hydrogen-bond donors (Lipinski definition) is 0. The molecule has 1 aromatic carbocycles. The molecule has 2 fully saturated rings. The predicted octanol–water partition coefficient (Wildman–Crippen LogP) is 1.66. The van der Waals surface area contributed by atoms with Crippen LogP contribution in [0.15, 0.2) is 24.3 Å². The summed E-state index contributed by atoms with van der Waals surface area (Å²) in [7, 11) is -3.05. The van der Waals surface area contributed by atoms with Crippen LogP contribution in [0.25, 0.3) is 0 Å². The number of ether oxygens (including phenoxy) is 1. The number of rotatable bonds is 3. The van der Waals surface area contributed by atoms with Crippen LogP contribution in [0.2, 0.25) is 0 Å². The monoisotopic (exact) mass is 324 g/mol. The van der Waals surface area contributed by atoms with Crippen molar-refractivity contribution in [3.8, 4) is 0 Å². The number of piperidine rings is 1. The standard InChI is InChI=1S/C16H24N2O3S/c1-22(19,20)18-7-5-14(6-8-18)15-3-2-4-16(13-15)17-9-11-21-12-10-17/h2-4,13-14H,5-12H2,1H3. The summed E-state index contributed by atoms with van der Waals surface area (Å²) in [6, 6.07) is 8.71. The fraction of sp³-hybridized carbons (Fsp3) is 0.625. The zero-order valence-corrected chi connectivity index (χ0v) is 13.9. The van der Waals surface area contributed by atoms with Crippen molar-refractivity contribution >= 4 is 15.7 Å². The van der Waals surface area contributed by atoms with Gasteiger partial charge >= 0.3 is 0 Å². The molecule has 0 N–H and O–H groups in total. The van der Waals surface area contributed by atoms with Gasteiger partial charge in [0.2, 0.25) is 10.0 Å². The number of morpholine rings is 1. The topological polar surface area (TPSA) is 49.9 Å². The Morgan fingerprint density at radius 3 is 2.41 bits per heavy atom. The predicted molar refractivity (Wildman–Crippen MR) is 87.9 cm³/mol. The van der Waals surface area contributed by atoms with Crippen LogP contribution in [0.1, 0.15) is 24.3 Å². The molecular formula is C16H24N2O3S. The maximum Gasteiger partial charge on any atom is 0.211 e. The van der Waals surface area contributed by atoms with Gasteiger partial charge in [-0.2, -0.15) is 0 Å². The van der Waals surface area contributed by atoms with Gasteiger partial charge in [0, 0.05) is 31.9 Å². The highest BCUT2D eigenvalue weighted by Crippen LogP contribution is 2.31. The normalized spacial score (nSPS) is 22.0. The zero-order chi connectivity index (χ0) is 15.6. The molecule has 0 spiro atoms. The van der Waals surface area contributed by atoms with Crippen molar-refractivity contribution in [1.29, 1.82) is 0 Å². The van der Waals surface area contributed by atoms with Crippen molar-refractivity contribution in [3.05, 3.63) is 29.8 Å². The van der Waals surface area contributed by atoms with E-state index in [0.29, 0.717) is 19.0 Å². The lowest BCUT2D eigenvalue weighted by atomic mass is 9.90. The van der Waals surface area contributed by atoms with Gasteiger partial charge in [0.15, 0.2) is 0 Å². The second-order valence-corrected chi connectivity index (χ2v) is 8.11. The van der Waals surface area contributed by atoms with Crippen LogP contribution in [-0.4, -0.2) is 58.4 Å². The van der Waals surface area contributed by atoms with Crippen molar-refractivity contribution in [2.45, 2.75) is 18.8 Å². The van der Waals surface area contributed by atoms with Crippen LogP contribution in [-0.2, 0) is 14.8 Å². The first-order chi connectivity index (χ1) is 10.5. The van der Waals surface area contributed by atoms with E-state index in [1.807, 2.05) is 0 Å². The van der Waals surface area contributed by atoms with Crippen LogP contribution in [0.4, 0.5) is 5.69 Å². The summed E-state index contributed by atoms with van der Waals surface area (Å²) in [5, 5.41) is 0. The lowest BCUT2D eigenvalue weighted by Gasteiger charge is -2.32. The summed E-state index contributed by atoms with van der Waals surface area (Å²) in [6.07, 6.45) is 3.10. The Morgan fingerprint density at radius 1 is 1.09 bits per heavy atom. The van der Waals surface area contributed by atoms with E-state index in [1.165, 1.54) is 17.5 Å². The van der Waals surface area contributed by atoms with E-state index >= 15 is 0 Å². The molecule has 0 radical (unpaired) electrons. The van der Waals surface area contributed by atoms with E-state index in [0.717, 1.165) is 39.1 Å². The highest BCUT2D eigenvalue weighted by atomic mass is 32.2. The van der Waals surface area contributed by atoms with Gasteiger partial charge in [-0.1, -0.05) is 12.1 Å². The lowest BCUT2D eigenvalue weighted by molar-refractivity contribution is 0.122. The Bertz CT molecular complexity index is 604. The van der Waals surface area contributed by atoms with Gasteiger partial charge < -0.3 is 9.64 Å². The minimum atomic E-state index is -3.05. The summed E-state index contributed by atoms with van der Waals surface area (Å²) in [4.78, 5) is 2.36. The fourth-order valence-corrected chi connectivity index (χ4v) is 4.19. The Kier molecular flexibility index (Phi) is 4.70. The van der Waals surface area contributed by atoms with Gasteiger partial charge in [0.1, 0.15) is 0 Å². The van der Waals surface area contributed by atoms with Crippen molar-refractivity contribution in [1.82, 2.24) is 4.31 Å². The smallest absolute Gasteiger partial charge is 0.211 e. The SMILES string of the molecule is CS(=O)(=O)N1CCC(c2cccc(N3CCOCC3)c2)CC1. The number of anilines is 1. The molecule has 0 unspecified atom stereocenters. The van der Waals surface area contributed by atoms with Gasteiger partial charge in [-0.3, -0.25) is 0 Å². The van der Waals surface area contributed by atoms with Crippen molar-refractivity contribution in [2.24, 2.45) is 0 Å². The third-order valence-corrected chi connectivity index (χ3v) is 5.94. The zero-order valence-electron chi connectivity index (χ0n) is 13.1. The van der Waals surface area contributed by atoms with E-state index in [-0.39, 0.29) is 0 Å².